The van der Waals surface area contributed by atoms with E-state index in [0.29, 0.717) is 18.9 Å². The number of rotatable bonds is 7. The number of carboxylic acid groups (broad SMARTS) is 1. The average Bonchev–Trinajstić information content (AvgIpc) is 2.83. The van der Waals surface area contributed by atoms with Gasteiger partial charge in [-0.15, -0.1) is 0 Å². The second-order valence-electron chi connectivity index (χ2n) is 9.17. The van der Waals surface area contributed by atoms with E-state index in [-0.39, 0.29) is 22.8 Å². The summed E-state index contributed by atoms with van der Waals surface area (Å²) in [4.78, 5) is 39.6. The zero-order chi connectivity index (χ0) is 24.2. The van der Waals surface area contributed by atoms with Crippen molar-refractivity contribution >= 4 is 23.3 Å². The third-order valence-electron chi connectivity index (χ3n) is 6.74. The summed E-state index contributed by atoms with van der Waals surface area (Å²) in [6.07, 6.45) is 9.60. The molecule has 4 rings (SSSR count). The molecule has 34 heavy (non-hydrogen) atoms. The fourth-order valence-electron chi connectivity index (χ4n) is 4.84. The minimum Gasteiger partial charge on any atom is -0.478 e. The Labute approximate surface area is 198 Å². The SMILES string of the molecule is Cc1ccc(C[C@H]2C(=O)N(CC3CCCCC3)C=CN2c2ccc(C(=O)O)cc2[N+](=O)[O-])cc1. The van der Waals surface area contributed by atoms with E-state index in [9.17, 15) is 24.8 Å². The monoisotopic (exact) mass is 463 g/mol. The largest absolute Gasteiger partial charge is 0.478 e. The predicted molar refractivity (Wildman–Crippen MR) is 129 cm³/mol. The van der Waals surface area contributed by atoms with E-state index >= 15 is 0 Å². The molecule has 0 spiro atoms. The number of carboxylic acids is 1. The fourth-order valence-corrected chi connectivity index (χ4v) is 4.84. The molecule has 178 valence electrons. The molecule has 1 heterocycles. The van der Waals surface area contributed by atoms with Gasteiger partial charge in [-0.25, -0.2) is 4.79 Å². The smallest absolute Gasteiger partial charge is 0.335 e. The Hall–Kier alpha value is -3.68. The lowest BCUT2D eigenvalue weighted by molar-refractivity contribution is -0.384. The standard InChI is InChI=1S/C26H29N3O5/c1-18-7-9-19(10-8-18)15-24-25(30)27(17-20-5-3-2-4-6-20)13-14-28(24)22-12-11-21(26(31)32)16-23(22)29(33)34/h7-14,16,20,24H,2-6,15,17H2,1H3,(H,31,32)/t24-/m0/s1. The molecule has 2 aromatic carbocycles. The number of hydrogen-bond acceptors (Lipinski definition) is 5. The van der Waals surface area contributed by atoms with Crippen LogP contribution in [0.5, 0.6) is 0 Å². The molecule has 2 aromatic rings. The first-order chi connectivity index (χ1) is 16.3. The van der Waals surface area contributed by atoms with Crippen LogP contribution in [-0.2, 0) is 11.2 Å². The van der Waals surface area contributed by atoms with Gasteiger partial charge in [-0.1, -0.05) is 49.1 Å². The quantitative estimate of drug-likeness (QED) is 0.462. The third-order valence-corrected chi connectivity index (χ3v) is 6.74. The molecule has 8 heteroatoms. The van der Waals surface area contributed by atoms with Crippen LogP contribution in [0.2, 0.25) is 0 Å². The number of carbonyl (C=O) groups is 2. The Morgan fingerprint density at radius 1 is 1.09 bits per heavy atom. The molecule has 1 aliphatic heterocycles. The number of amides is 1. The van der Waals surface area contributed by atoms with Crippen molar-refractivity contribution in [2.45, 2.75) is 51.5 Å². The Balaban J connectivity index is 1.70. The van der Waals surface area contributed by atoms with Crippen molar-refractivity contribution in [1.82, 2.24) is 4.90 Å². The van der Waals surface area contributed by atoms with Gasteiger partial charge in [-0.05, 0) is 43.4 Å². The predicted octanol–water partition coefficient (Wildman–Crippen LogP) is 4.91. The lowest BCUT2D eigenvalue weighted by Gasteiger charge is -2.38. The normalized spacial score (nSPS) is 18.9. The summed E-state index contributed by atoms with van der Waals surface area (Å²) in [5.74, 6) is -0.891. The first-order valence-corrected chi connectivity index (χ1v) is 11.7. The van der Waals surface area contributed by atoms with Crippen molar-refractivity contribution in [1.29, 1.82) is 0 Å². The molecule has 1 amide bonds. The topological polar surface area (TPSA) is 104 Å². The highest BCUT2D eigenvalue weighted by Crippen LogP contribution is 2.34. The van der Waals surface area contributed by atoms with Gasteiger partial charge in [-0.2, -0.15) is 0 Å². The lowest BCUT2D eigenvalue weighted by atomic mass is 9.88. The van der Waals surface area contributed by atoms with Gasteiger partial charge in [-0.3, -0.25) is 14.9 Å². The molecule has 0 radical (unpaired) electrons. The molecule has 1 fully saturated rings. The van der Waals surface area contributed by atoms with Crippen molar-refractivity contribution in [3.63, 3.8) is 0 Å². The molecule has 0 saturated heterocycles. The zero-order valence-corrected chi connectivity index (χ0v) is 19.2. The second-order valence-corrected chi connectivity index (χ2v) is 9.17. The molecular weight excluding hydrogens is 434 g/mol. The van der Waals surface area contributed by atoms with Crippen molar-refractivity contribution in [3.8, 4) is 0 Å². The van der Waals surface area contributed by atoms with Crippen LogP contribution in [-0.4, -0.2) is 39.4 Å². The van der Waals surface area contributed by atoms with Gasteiger partial charge < -0.3 is 14.9 Å². The van der Waals surface area contributed by atoms with E-state index in [1.54, 1.807) is 22.2 Å². The van der Waals surface area contributed by atoms with Gasteiger partial charge in [0.05, 0.1) is 10.5 Å². The molecule has 1 N–H and O–H groups in total. The first kappa shape index (κ1) is 23.5. The van der Waals surface area contributed by atoms with Crippen molar-refractivity contribution in [3.05, 3.63) is 81.7 Å². The maximum Gasteiger partial charge on any atom is 0.335 e. The molecule has 1 atom stereocenters. The number of nitrogens with zero attached hydrogens (tertiary/aromatic N) is 3. The molecule has 0 unspecified atom stereocenters. The van der Waals surface area contributed by atoms with Gasteiger partial charge in [0.15, 0.2) is 0 Å². The molecular formula is C26H29N3O5. The number of anilines is 1. The summed E-state index contributed by atoms with van der Waals surface area (Å²) in [6, 6.07) is 11.0. The van der Waals surface area contributed by atoms with Crippen LogP contribution in [0.25, 0.3) is 0 Å². The highest BCUT2D eigenvalue weighted by Gasteiger charge is 2.36. The van der Waals surface area contributed by atoms with Crippen LogP contribution in [0, 0.1) is 23.0 Å². The highest BCUT2D eigenvalue weighted by atomic mass is 16.6. The molecule has 1 aliphatic carbocycles. The van der Waals surface area contributed by atoms with Gasteiger partial charge in [0.25, 0.3) is 5.69 Å². The minimum absolute atomic E-state index is 0.106. The third kappa shape index (κ3) is 5.11. The summed E-state index contributed by atoms with van der Waals surface area (Å²) >= 11 is 0. The minimum atomic E-state index is -1.24. The molecule has 0 bridgehead atoms. The van der Waals surface area contributed by atoms with Crippen molar-refractivity contribution in [2.75, 3.05) is 11.4 Å². The van der Waals surface area contributed by atoms with E-state index in [2.05, 4.69) is 0 Å². The first-order valence-electron chi connectivity index (χ1n) is 11.7. The maximum absolute atomic E-state index is 13.7. The van der Waals surface area contributed by atoms with Gasteiger partial charge in [0.1, 0.15) is 11.7 Å². The van der Waals surface area contributed by atoms with Crippen LogP contribution in [0.4, 0.5) is 11.4 Å². The summed E-state index contributed by atoms with van der Waals surface area (Å²) in [6.45, 7) is 2.64. The second kappa shape index (κ2) is 10.1. The number of aromatic carboxylic acids is 1. The van der Waals surface area contributed by atoms with Crippen LogP contribution >= 0.6 is 0 Å². The fraction of sp³-hybridized carbons (Fsp3) is 0.385. The van der Waals surface area contributed by atoms with Crippen LogP contribution in [0.3, 0.4) is 0 Å². The van der Waals surface area contributed by atoms with Crippen LogP contribution in [0.1, 0.15) is 53.6 Å². The van der Waals surface area contributed by atoms with Crippen molar-refractivity contribution < 1.29 is 19.6 Å². The van der Waals surface area contributed by atoms with Crippen LogP contribution < -0.4 is 4.90 Å². The molecule has 0 aromatic heterocycles. The highest BCUT2D eigenvalue weighted by molar-refractivity contribution is 5.92. The number of aryl methyl sites for hydroxylation is 1. The van der Waals surface area contributed by atoms with Gasteiger partial charge in [0, 0.05) is 31.4 Å². The molecule has 1 saturated carbocycles. The Kier molecular flexibility index (Phi) is 6.95. The summed E-state index contributed by atoms with van der Waals surface area (Å²) in [5.41, 5.74) is 1.75. The number of benzene rings is 2. The maximum atomic E-state index is 13.7. The Bertz CT molecular complexity index is 1110. The zero-order valence-electron chi connectivity index (χ0n) is 19.2. The summed E-state index contributed by atoms with van der Waals surface area (Å²) in [5, 5.41) is 21.1. The number of nitro groups is 1. The summed E-state index contributed by atoms with van der Waals surface area (Å²) < 4.78 is 0. The van der Waals surface area contributed by atoms with E-state index in [4.69, 9.17) is 0 Å². The van der Waals surface area contributed by atoms with Gasteiger partial charge in [0.2, 0.25) is 5.91 Å². The Morgan fingerprint density at radius 2 is 1.79 bits per heavy atom. The number of hydrogen-bond donors (Lipinski definition) is 1. The average molecular weight is 464 g/mol. The number of nitro benzene ring substituents is 1. The van der Waals surface area contributed by atoms with E-state index < -0.39 is 16.9 Å². The number of carbonyl (C=O) groups excluding carboxylic acids is 1. The Morgan fingerprint density at radius 3 is 2.44 bits per heavy atom. The van der Waals surface area contributed by atoms with Crippen molar-refractivity contribution in [2.24, 2.45) is 5.92 Å². The molecule has 2 aliphatic rings. The summed E-state index contributed by atoms with van der Waals surface area (Å²) in [7, 11) is 0. The van der Waals surface area contributed by atoms with Gasteiger partial charge >= 0.3 is 5.97 Å². The lowest BCUT2D eigenvalue weighted by Crippen LogP contribution is -2.51. The molecule has 8 nitrogen and oxygen atoms in total. The van der Waals surface area contributed by atoms with E-state index in [1.165, 1.54) is 31.4 Å². The van der Waals surface area contributed by atoms with E-state index in [1.807, 2.05) is 31.2 Å². The van der Waals surface area contributed by atoms with Crippen LogP contribution in [0.15, 0.2) is 54.9 Å². The van der Waals surface area contributed by atoms with E-state index in [0.717, 1.165) is 30.0 Å².